The van der Waals surface area contributed by atoms with E-state index in [9.17, 15) is 4.79 Å². The van der Waals surface area contributed by atoms with Gasteiger partial charge in [-0.05, 0) is 35.6 Å². The van der Waals surface area contributed by atoms with Gasteiger partial charge in [-0.2, -0.15) is 0 Å². The van der Waals surface area contributed by atoms with Gasteiger partial charge in [0.1, 0.15) is 6.29 Å². The number of carbonyl (C=O) groups excluding carboxylic acids is 1. The fourth-order valence-corrected chi connectivity index (χ4v) is 1.96. The van der Waals surface area contributed by atoms with Crippen LogP contribution in [-0.4, -0.2) is 6.29 Å². The van der Waals surface area contributed by atoms with Crippen LogP contribution in [0.3, 0.4) is 0 Å². The first-order valence-corrected chi connectivity index (χ1v) is 5.89. The number of hydrogen-bond donors (Lipinski definition) is 0. The van der Waals surface area contributed by atoms with Gasteiger partial charge in [0, 0.05) is 5.56 Å². The van der Waals surface area contributed by atoms with Gasteiger partial charge in [0.05, 0.1) is 0 Å². The van der Waals surface area contributed by atoms with Crippen molar-refractivity contribution in [1.29, 1.82) is 0 Å². The van der Waals surface area contributed by atoms with E-state index in [-0.39, 0.29) is 0 Å². The molecule has 2 aromatic rings. The number of aldehydes is 1. The molecule has 0 unspecified atom stereocenters. The molecule has 0 radical (unpaired) electrons. The van der Waals surface area contributed by atoms with Crippen molar-refractivity contribution in [3.8, 4) is 11.1 Å². The molecule has 0 amide bonds. The van der Waals surface area contributed by atoms with Gasteiger partial charge >= 0.3 is 0 Å². The van der Waals surface area contributed by atoms with Crippen LogP contribution in [0.1, 0.15) is 28.4 Å². The molecule has 1 heteroatoms. The second-order valence-corrected chi connectivity index (χ2v) is 4.24. The summed E-state index contributed by atoms with van der Waals surface area (Å²) in [4.78, 5) is 10.8. The molecule has 0 aliphatic heterocycles. The molecular formula is C16H16O. The smallest absolute Gasteiger partial charge is 0.150 e. The summed E-state index contributed by atoms with van der Waals surface area (Å²) in [6.07, 6.45) is 1.95. The molecule has 2 aromatic carbocycles. The fourth-order valence-electron chi connectivity index (χ4n) is 1.96. The molecule has 1 nitrogen and oxygen atoms in total. The molecule has 0 bridgehead atoms. The lowest BCUT2D eigenvalue weighted by Crippen LogP contribution is -1.88. The van der Waals surface area contributed by atoms with Crippen molar-refractivity contribution < 1.29 is 4.79 Å². The molecule has 2 rings (SSSR count). The summed E-state index contributed by atoms with van der Waals surface area (Å²) in [6, 6.07) is 14.5. The highest BCUT2D eigenvalue weighted by atomic mass is 16.1. The van der Waals surface area contributed by atoms with E-state index in [2.05, 4.69) is 37.3 Å². The maximum atomic E-state index is 10.8. The fraction of sp³-hybridized carbons (Fsp3) is 0.188. The summed E-state index contributed by atoms with van der Waals surface area (Å²) in [5.74, 6) is 0. The molecule has 0 fully saturated rings. The molecule has 0 atom stereocenters. The monoisotopic (exact) mass is 224 g/mol. The van der Waals surface area contributed by atoms with E-state index in [4.69, 9.17) is 0 Å². The highest BCUT2D eigenvalue weighted by Crippen LogP contribution is 2.23. The van der Waals surface area contributed by atoms with Crippen molar-refractivity contribution in [3.63, 3.8) is 0 Å². The molecule has 86 valence electrons. The minimum Gasteiger partial charge on any atom is -0.298 e. The minimum absolute atomic E-state index is 0.764. The Hall–Kier alpha value is -1.89. The normalized spacial score (nSPS) is 10.2. The lowest BCUT2D eigenvalue weighted by Gasteiger charge is -2.06. The van der Waals surface area contributed by atoms with Gasteiger partial charge in [-0.1, -0.05) is 49.4 Å². The van der Waals surface area contributed by atoms with E-state index in [0.29, 0.717) is 0 Å². The molecule has 0 saturated carbocycles. The quantitative estimate of drug-likeness (QED) is 0.719. The first-order chi connectivity index (χ1) is 8.24. The Morgan fingerprint density at radius 3 is 2.47 bits per heavy atom. The van der Waals surface area contributed by atoms with Crippen molar-refractivity contribution in [1.82, 2.24) is 0 Å². The number of hydrogen-bond acceptors (Lipinski definition) is 1. The molecule has 0 aliphatic rings. The Balaban J connectivity index is 2.45. The molecule has 0 N–H and O–H groups in total. The van der Waals surface area contributed by atoms with Gasteiger partial charge in [0.25, 0.3) is 0 Å². The molecule has 17 heavy (non-hydrogen) atoms. The minimum atomic E-state index is 0.764. The zero-order chi connectivity index (χ0) is 12.3. The van der Waals surface area contributed by atoms with Gasteiger partial charge in [-0.25, -0.2) is 0 Å². The molecule has 0 saturated heterocycles. The molecule has 0 heterocycles. The second-order valence-electron chi connectivity index (χ2n) is 4.24. The number of benzene rings is 2. The van der Waals surface area contributed by atoms with E-state index >= 15 is 0 Å². The van der Waals surface area contributed by atoms with E-state index in [1.807, 2.05) is 19.1 Å². The molecule has 0 spiro atoms. The first kappa shape index (κ1) is 11.6. The van der Waals surface area contributed by atoms with Gasteiger partial charge in [0.15, 0.2) is 0 Å². The van der Waals surface area contributed by atoms with Crippen molar-refractivity contribution in [2.24, 2.45) is 0 Å². The number of aryl methyl sites for hydroxylation is 2. The lowest BCUT2D eigenvalue weighted by atomic mass is 9.98. The Morgan fingerprint density at radius 2 is 1.82 bits per heavy atom. The topological polar surface area (TPSA) is 17.1 Å². The van der Waals surface area contributed by atoms with Crippen LogP contribution in [0.5, 0.6) is 0 Å². The molecule has 0 aliphatic carbocycles. The van der Waals surface area contributed by atoms with Crippen molar-refractivity contribution in [2.75, 3.05) is 0 Å². The predicted molar refractivity (Wildman–Crippen MR) is 71.4 cm³/mol. The van der Waals surface area contributed by atoms with Crippen LogP contribution in [0.2, 0.25) is 0 Å². The van der Waals surface area contributed by atoms with Gasteiger partial charge < -0.3 is 0 Å². The average molecular weight is 224 g/mol. The Kier molecular flexibility index (Phi) is 3.38. The number of carbonyl (C=O) groups is 1. The molecular weight excluding hydrogens is 208 g/mol. The van der Waals surface area contributed by atoms with Crippen LogP contribution in [0.4, 0.5) is 0 Å². The van der Waals surface area contributed by atoms with Crippen molar-refractivity contribution in [2.45, 2.75) is 20.3 Å². The highest BCUT2D eigenvalue weighted by molar-refractivity contribution is 5.79. The Morgan fingerprint density at radius 1 is 1.06 bits per heavy atom. The van der Waals surface area contributed by atoms with Gasteiger partial charge in [-0.3, -0.25) is 4.79 Å². The maximum absolute atomic E-state index is 10.8. The maximum Gasteiger partial charge on any atom is 0.150 e. The van der Waals surface area contributed by atoms with Crippen molar-refractivity contribution in [3.05, 3.63) is 59.2 Å². The SMILES string of the molecule is CCc1cccc(-c2ccc(C=O)c(C)c2)c1. The summed E-state index contributed by atoms with van der Waals surface area (Å²) >= 11 is 0. The van der Waals surface area contributed by atoms with Crippen LogP contribution < -0.4 is 0 Å². The van der Waals surface area contributed by atoms with Crippen LogP contribution in [0, 0.1) is 6.92 Å². The van der Waals surface area contributed by atoms with Crippen LogP contribution in [0.25, 0.3) is 11.1 Å². The van der Waals surface area contributed by atoms with Gasteiger partial charge in [0.2, 0.25) is 0 Å². The van der Waals surface area contributed by atoms with E-state index in [0.717, 1.165) is 23.8 Å². The van der Waals surface area contributed by atoms with Crippen LogP contribution in [0.15, 0.2) is 42.5 Å². The second kappa shape index (κ2) is 4.96. The van der Waals surface area contributed by atoms with E-state index in [1.165, 1.54) is 16.7 Å². The average Bonchev–Trinajstić information content (AvgIpc) is 2.38. The lowest BCUT2D eigenvalue weighted by molar-refractivity contribution is 0.112. The van der Waals surface area contributed by atoms with E-state index < -0.39 is 0 Å². The summed E-state index contributed by atoms with van der Waals surface area (Å²) < 4.78 is 0. The third-order valence-electron chi connectivity index (χ3n) is 3.07. The van der Waals surface area contributed by atoms with Gasteiger partial charge in [-0.15, -0.1) is 0 Å². The molecule has 0 aromatic heterocycles. The third-order valence-corrected chi connectivity index (χ3v) is 3.07. The standard InChI is InChI=1S/C16H16O/c1-3-13-5-4-6-14(10-13)15-7-8-16(11-17)12(2)9-15/h4-11H,3H2,1-2H3. The first-order valence-electron chi connectivity index (χ1n) is 5.89. The number of rotatable bonds is 3. The van der Waals surface area contributed by atoms with Crippen LogP contribution >= 0.6 is 0 Å². The summed E-state index contributed by atoms with van der Waals surface area (Å²) in [5, 5.41) is 0. The predicted octanol–water partition coefficient (Wildman–Crippen LogP) is 4.04. The Bertz CT molecular complexity index is 541. The van der Waals surface area contributed by atoms with E-state index in [1.54, 1.807) is 0 Å². The Labute approximate surface area is 102 Å². The third kappa shape index (κ3) is 2.44. The van der Waals surface area contributed by atoms with Crippen LogP contribution in [-0.2, 0) is 6.42 Å². The zero-order valence-electron chi connectivity index (χ0n) is 10.2. The van der Waals surface area contributed by atoms with Crippen molar-refractivity contribution >= 4 is 6.29 Å². The summed E-state index contributed by atoms with van der Waals surface area (Å²) in [6.45, 7) is 4.12. The zero-order valence-corrected chi connectivity index (χ0v) is 10.2. The summed E-state index contributed by atoms with van der Waals surface area (Å²) in [5.41, 5.74) is 5.51. The highest BCUT2D eigenvalue weighted by Gasteiger charge is 2.02. The summed E-state index contributed by atoms with van der Waals surface area (Å²) in [7, 11) is 0. The largest absolute Gasteiger partial charge is 0.298 e.